The molecule has 2 heterocycles. The zero-order chi connectivity index (χ0) is 16.3. The van der Waals surface area contributed by atoms with Crippen LogP contribution in [0.3, 0.4) is 0 Å². The fourth-order valence-electron chi connectivity index (χ4n) is 4.15. The van der Waals surface area contributed by atoms with Crippen LogP contribution >= 0.6 is 0 Å². The predicted molar refractivity (Wildman–Crippen MR) is 94.2 cm³/mol. The van der Waals surface area contributed by atoms with Crippen LogP contribution in [0.2, 0.25) is 0 Å². The molecule has 0 spiro atoms. The van der Waals surface area contributed by atoms with E-state index < -0.39 is 9.84 Å². The number of sulfone groups is 1. The average molecular weight is 337 g/mol. The smallest absolute Gasteiger partial charge is 0.148 e. The van der Waals surface area contributed by atoms with Gasteiger partial charge in [-0.05, 0) is 44.3 Å². The number of hydrogen-bond donors (Lipinski definition) is 0. The van der Waals surface area contributed by atoms with E-state index >= 15 is 0 Å². The Bertz CT molecular complexity index is 603. The van der Waals surface area contributed by atoms with Crippen molar-refractivity contribution in [3.63, 3.8) is 0 Å². The molecule has 128 valence electrons. The van der Waals surface area contributed by atoms with Crippen LogP contribution in [0.15, 0.2) is 30.3 Å². The summed E-state index contributed by atoms with van der Waals surface area (Å²) in [4.78, 5) is 5.04. The van der Waals surface area contributed by atoms with Crippen LogP contribution in [0.25, 0.3) is 0 Å². The van der Waals surface area contributed by atoms with Gasteiger partial charge in [-0.15, -0.1) is 0 Å². The molecule has 1 aromatic carbocycles. The summed E-state index contributed by atoms with van der Waals surface area (Å²) in [5.74, 6) is 0.287. The van der Waals surface area contributed by atoms with Crippen molar-refractivity contribution in [1.82, 2.24) is 9.80 Å². The van der Waals surface area contributed by atoms with Crippen LogP contribution < -0.4 is 0 Å². The van der Waals surface area contributed by atoms with Gasteiger partial charge >= 0.3 is 0 Å². The van der Waals surface area contributed by atoms with Crippen LogP contribution in [-0.2, 0) is 16.4 Å². The first kappa shape index (κ1) is 16.9. The molecule has 2 atom stereocenters. The van der Waals surface area contributed by atoms with E-state index in [4.69, 9.17) is 0 Å². The Morgan fingerprint density at radius 1 is 1.00 bits per heavy atom. The third-order valence-electron chi connectivity index (χ3n) is 5.25. The van der Waals surface area contributed by atoms with Gasteiger partial charge in [-0.3, -0.25) is 9.80 Å². The largest absolute Gasteiger partial charge is 0.298 e. The number of hydrogen-bond acceptors (Lipinski definition) is 4. The Kier molecular flexibility index (Phi) is 5.39. The van der Waals surface area contributed by atoms with Crippen molar-refractivity contribution in [3.8, 4) is 0 Å². The number of rotatable bonds is 6. The summed E-state index contributed by atoms with van der Waals surface area (Å²) in [6.07, 6.45) is 6.25. The lowest BCUT2D eigenvalue weighted by Crippen LogP contribution is -2.47. The first-order valence-electron chi connectivity index (χ1n) is 8.73. The minimum atomic E-state index is -2.88. The van der Waals surface area contributed by atoms with Crippen LogP contribution in [0.4, 0.5) is 0 Å². The van der Waals surface area contributed by atoms with Gasteiger partial charge < -0.3 is 0 Å². The standard InChI is InChI=1S/C18H28N2O2S/c1-23(21,22)14-13-19-11-5-9-17(19)18-10-6-12-20(18)15-16-7-3-2-4-8-16/h2-4,7-8,17-18H,5-6,9-15H2,1H3/t17-,18+/m1/s1. The summed E-state index contributed by atoms with van der Waals surface area (Å²) < 4.78 is 23.0. The third-order valence-corrected chi connectivity index (χ3v) is 6.17. The highest BCUT2D eigenvalue weighted by Crippen LogP contribution is 2.30. The molecule has 23 heavy (non-hydrogen) atoms. The quantitative estimate of drug-likeness (QED) is 0.798. The van der Waals surface area contributed by atoms with Crippen LogP contribution in [0.1, 0.15) is 31.2 Å². The molecule has 2 aliphatic rings. The van der Waals surface area contributed by atoms with E-state index in [1.807, 2.05) is 0 Å². The lowest BCUT2D eigenvalue weighted by molar-refractivity contribution is 0.133. The fraction of sp³-hybridized carbons (Fsp3) is 0.667. The van der Waals surface area contributed by atoms with Gasteiger partial charge in [0.25, 0.3) is 0 Å². The Morgan fingerprint density at radius 3 is 2.26 bits per heavy atom. The summed E-state index contributed by atoms with van der Waals surface area (Å²) in [5, 5.41) is 0. The molecular weight excluding hydrogens is 308 g/mol. The molecular formula is C18H28N2O2S. The van der Waals surface area contributed by atoms with E-state index in [9.17, 15) is 8.42 Å². The van der Waals surface area contributed by atoms with Gasteiger partial charge in [0.2, 0.25) is 0 Å². The molecule has 0 amide bonds. The molecule has 0 bridgehead atoms. The highest BCUT2D eigenvalue weighted by atomic mass is 32.2. The molecule has 5 heteroatoms. The van der Waals surface area contributed by atoms with Gasteiger partial charge in [-0.1, -0.05) is 30.3 Å². The zero-order valence-corrected chi connectivity index (χ0v) is 14.8. The summed E-state index contributed by atoms with van der Waals surface area (Å²) in [5.41, 5.74) is 1.38. The second-order valence-corrected chi connectivity index (χ2v) is 9.30. The van der Waals surface area contributed by atoms with Crippen LogP contribution in [0, 0.1) is 0 Å². The van der Waals surface area contributed by atoms with Crippen molar-refractivity contribution < 1.29 is 8.42 Å². The van der Waals surface area contributed by atoms with E-state index in [1.54, 1.807) is 0 Å². The Labute approximate surface area is 140 Å². The van der Waals surface area contributed by atoms with E-state index in [-0.39, 0.29) is 5.75 Å². The molecule has 0 aliphatic carbocycles. The zero-order valence-electron chi connectivity index (χ0n) is 14.0. The first-order chi connectivity index (χ1) is 11.0. The van der Waals surface area contributed by atoms with Crippen molar-refractivity contribution in [2.75, 3.05) is 31.6 Å². The monoisotopic (exact) mass is 336 g/mol. The molecule has 2 fully saturated rings. The molecule has 3 rings (SSSR count). The van der Waals surface area contributed by atoms with Crippen molar-refractivity contribution in [1.29, 1.82) is 0 Å². The fourth-order valence-corrected chi connectivity index (χ4v) is 4.72. The van der Waals surface area contributed by atoms with Crippen molar-refractivity contribution in [2.45, 2.75) is 44.3 Å². The van der Waals surface area contributed by atoms with Crippen molar-refractivity contribution >= 4 is 9.84 Å². The maximum absolute atomic E-state index is 11.5. The van der Waals surface area contributed by atoms with E-state index in [0.29, 0.717) is 18.6 Å². The van der Waals surface area contributed by atoms with E-state index in [1.165, 1.54) is 37.5 Å². The lowest BCUT2D eigenvalue weighted by atomic mass is 10.0. The Balaban J connectivity index is 1.64. The molecule has 2 saturated heterocycles. The average Bonchev–Trinajstić information content (AvgIpc) is 3.13. The topological polar surface area (TPSA) is 40.6 Å². The van der Waals surface area contributed by atoms with E-state index in [2.05, 4.69) is 40.1 Å². The second-order valence-electron chi connectivity index (χ2n) is 7.04. The molecule has 0 radical (unpaired) electrons. The Hall–Kier alpha value is -0.910. The summed E-state index contributed by atoms with van der Waals surface area (Å²) >= 11 is 0. The minimum absolute atomic E-state index is 0.287. The van der Waals surface area contributed by atoms with Crippen LogP contribution in [-0.4, -0.2) is 61.9 Å². The van der Waals surface area contributed by atoms with Crippen LogP contribution in [0.5, 0.6) is 0 Å². The number of nitrogens with zero attached hydrogens (tertiary/aromatic N) is 2. The van der Waals surface area contributed by atoms with Crippen molar-refractivity contribution in [2.24, 2.45) is 0 Å². The van der Waals surface area contributed by atoms with Gasteiger partial charge in [0, 0.05) is 31.4 Å². The third kappa shape index (κ3) is 4.55. The molecule has 0 aromatic heterocycles. The van der Waals surface area contributed by atoms with Gasteiger partial charge in [-0.2, -0.15) is 0 Å². The highest BCUT2D eigenvalue weighted by Gasteiger charge is 2.37. The molecule has 4 nitrogen and oxygen atoms in total. The summed E-state index contributed by atoms with van der Waals surface area (Å²) in [7, 11) is -2.88. The molecule has 0 N–H and O–H groups in total. The first-order valence-corrected chi connectivity index (χ1v) is 10.8. The van der Waals surface area contributed by atoms with E-state index in [0.717, 1.165) is 19.6 Å². The second kappa shape index (κ2) is 7.32. The molecule has 0 unspecified atom stereocenters. The summed E-state index contributed by atoms with van der Waals surface area (Å²) in [6.45, 7) is 3.92. The Morgan fingerprint density at radius 2 is 1.61 bits per heavy atom. The molecule has 1 aromatic rings. The maximum atomic E-state index is 11.5. The minimum Gasteiger partial charge on any atom is -0.298 e. The normalized spacial score (nSPS) is 26.8. The van der Waals surface area contributed by atoms with Gasteiger partial charge in [0.05, 0.1) is 5.75 Å². The number of benzene rings is 1. The highest BCUT2D eigenvalue weighted by molar-refractivity contribution is 7.90. The van der Waals surface area contributed by atoms with Gasteiger partial charge in [0.1, 0.15) is 9.84 Å². The molecule has 2 aliphatic heterocycles. The van der Waals surface area contributed by atoms with Gasteiger partial charge in [0.15, 0.2) is 0 Å². The van der Waals surface area contributed by atoms with Gasteiger partial charge in [-0.25, -0.2) is 8.42 Å². The SMILES string of the molecule is CS(=O)(=O)CCN1CCC[C@@H]1[C@@H]1CCCN1Cc1ccccc1. The predicted octanol–water partition coefficient (Wildman–Crippen LogP) is 2.16. The lowest BCUT2D eigenvalue weighted by Gasteiger charge is -2.35. The molecule has 0 saturated carbocycles. The van der Waals surface area contributed by atoms with Crippen molar-refractivity contribution in [3.05, 3.63) is 35.9 Å². The number of likely N-dealkylation sites (tertiary alicyclic amines) is 2. The maximum Gasteiger partial charge on any atom is 0.148 e. The summed E-state index contributed by atoms with van der Waals surface area (Å²) in [6, 6.07) is 11.8.